The van der Waals surface area contributed by atoms with E-state index < -0.39 is 11.9 Å². The van der Waals surface area contributed by atoms with Crippen molar-refractivity contribution in [2.45, 2.75) is 19.4 Å². The molecule has 2 aromatic carbocycles. The van der Waals surface area contributed by atoms with Crippen LogP contribution in [-0.2, 0) is 11.3 Å². The molecule has 112 valence electrons. The molecule has 0 spiro atoms. The number of phenolic OH excluding ortho intramolecular Hbond substituents is 1. The van der Waals surface area contributed by atoms with Crippen molar-refractivity contribution in [3.8, 4) is 5.75 Å². The summed E-state index contributed by atoms with van der Waals surface area (Å²) in [5.74, 6) is -1.45. The number of carboxylic acid groups (broad SMARTS) is 1. The molecule has 0 saturated carbocycles. The molecule has 22 heavy (non-hydrogen) atoms. The Kier molecular flexibility index (Phi) is 3.33. The van der Waals surface area contributed by atoms with Crippen molar-refractivity contribution in [1.82, 2.24) is 0 Å². The Balaban J connectivity index is 1.87. The van der Waals surface area contributed by atoms with Gasteiger partial charge in [0.05, 0.1) is 12.5 Å². The van der Waals surface area contributed by atoms with Gasteiger partial charge >= 0.3 is 5.97 Å². The number of carboxylic acids is 1. The number of hydrogen-bond donors (Lipinski definition) is 2. The van der Waals surface area contributed by atoms with E-state index in [1.54, 1.807) is 48.2 Å². The summed E-state index contributed by atoms with van der Waals surface area (Å²) in [6.45, 7) is 2.02. The number of fused-ring (bicyclic) bond motifs is 1. The highest BCUT2D eigenvalue weighted by Gasteiger charge is 2.28. The predicted octanol–water partition coefficient (Wildman–Crippen LogP) is 2.74. The maximum atomic E-state index is 12.4. The minimum Gasteiger partial charge on any atom is -0.508 e. The van der Waals surface area contributed by atoms with Gasteiger partial charge in [-0.15, -0.1) is 0 Å². The van der Waals surface area contributed by atoms with Gasteiger partial charge < -0.3 is 15.1 Å². The van der Waals surface area contributed by atoms with Gasteiger partial charge in [-0.25, -0.2) is 0 Å². The molecular weight excluding hydrogens is 282 g/mol. The molecule has 5 nitrogen and oxygen atoms in total. The number of carbonyl (C=O) groups excluding carboxylic acids is 1. The second kappa shape index (κ2) is 5.18. The lowest BCUT2D eigenvalue weighted by Crippen LogP contribution is -2.23. The standard InChI is InChI=1S/C17H15NO4/c1-10(17(21)22)11-2-4-13(5-3-11)18-9-12-8-14(19)6-7-15(12)16(18)20/h2-8,10,19H,9H2,1H3,(H,21,22). The first-order chi connectivity index (χ1) is 10.5. The highest BCUT2D eigenvalue weighted by molar-refractivity contribution is 6.10. The molecule has 1 aliphatic heterocycles. The van der Waals surface area contributed by atoms with E-state index >= 15 is 0 Å². The molecular formula is C17H15NO4. The average molecular weight is 297 g/mol. The molecule has 0 radical (unpaired) electrons. The third-order valence-electron chi connectivity index (χ3n) is 3.97. The largest absolute Gasteiger partial charge is 0.508 e. The van der Waals surface area contributed by atoms with E-state index in [1.165, 1.54) is 6.07 Å². The van der Waals surface area contributed by atoms with Crippen molar-refractivity contribution in [1.29, 1.82) is 0 Å². The van der Waals surface area contributed by atoms with E-state index in [0.717, 1.165) is 5.56 Å². The minimum absolute atomic E-state index is 0.117. The maximum Gasteiger partial charge on any atom is 0.310 e. The second-order valence-corrected chi connectivity index (χ2v) is 5.38. The van der Waals surface area contributed by atoms with E-state index in [4.69, 9.17) is 5.11 Å². The molecule has 0 fully saturated rings. The van der Waals surface area contributed by atoms with Crippen molar-refractivity contribution in [3.63, 3.8) is 0 Å². The SMILES string of the molecule is CC(C(=O)O)c1ccc(N2Cc3cc(O)ccc3C2=O)cc1. The lowest BCUT2D eigenvalue weighted by atomic mass is 10.0. The third kappa shape index (κ3) is 2.30. The molecule has 3 rings (SSSR count). The van der Waals surface area contributed by atoms with Gasteiger partial charge in [0.2, 0.25) is 0 Å². The number of amides is 1. The Hall–Kier alpha value is -2.82. The summed E-state index contributed by atoms with van der Waals surface area (Å²) < 4.78 is 0. The smallest absolute Gasteiger partial charge is 0.310 e. The van der Waals surface area contributed by atoms with Crippen LogP contribution in [0.2, 0.25) is 0 Å². The van der Waals surface area contributed by atoms with Crippen LogP contribution >= 0.6 is 0 Å². The zero-order valence-corrected chi connectivity index (χ0v) is 12.0. The number of hydrogen-bond acceptors (Lipinski definition) is 3. The molecule has 0 aliphatic carbocycles. The molecule has 5 heteroatoms. The highest BCUT2D eigenvalue weighted by Crippen LogP contribution is 2.31. The summed E-state index contributed by atoms with van der Waals surface area (Å²) >= 11 is 0. The lowest BCUT2D eigenvalue weighted by molar-refractivity contribution is -0.138. The van der Waals surface area contributed by atoms with Crippen LogP contribution in [0.5, 0.6) is 5.75 Å². The summed E-state index contributed by atoms with van der Waals surface area (Å²) in [5, 5.41) is 18.5. The van der Waals surface area contributed by atoms with E-state index in [9.17, 15) is 14.7 Å². The van der Waals surface area contributed by atoms with Crippen LogP contribution in [0.15, 0.2) is 42.5 Å². The van der Waals surface area contributed by atoms with E-state index in [-0.39, 0.29) is 11.7 Å². The van der Waals surface area contributed by atoms with Gasteiger partial charge in [-0.05, 0) is 48.4 Å². The Morgan fingerprint density at radius 2 is 1.86 bits per heavy atom. The molecule has 0 bridgehead atoms. The fraction of sp³-hybridized carbons (Fsp3) is 0.176. The number of phenols is 1. The molecule has 1 unspecified atom stereocenters. The summed E-state index contributed by atoms with van der Waals surface area (Å²) in [6.07, 6.45) is 0. The molecule has 1 amide bonds. The molecule has 1 atom stereocenters. The minimum atomic E-state index is -0.882. The normalized spacial score (nSPS) is 14.8. The van der Waals surface area contributed by atoms with Gasteiger partial charge in [0.15, 0.2) is 0 Å². The summed E-state index contributed by atoms with van der Waals surface area (Å²) in [6, 6.07) is 11.7. The third-order valence-corrected chi connectivity index (χ3v) is 3.97. The molecule has 0 saturated heterocycles. The Morgan fingerprint density at radius 1 is 1.18 bits per heavy atom. The van der Waals surface area contributed by atoms with Gasteiger partial charge in [-0.1, -0.05) is 12.1 Å². The van der Waals surface area contributed by atoms with Gasteiger partial charge in [-0.3, -0.25) is 9.59 Å². The van der Waals surface area contributed by atoms with Gasteiger partial charge in [-0.2, -0.15) is 0 Å². The van der Waals surface area contributed by atoms with Crippen molar-refractivity contribution in [2.75, 3.05) is 4.90 Å². The zero-order valence-electron chi connectivity index (χ0n) is 12.0. The van der Waals surface area contributed by atoms with Gasteiger partial charge in [0, 0.05) is 11.3 Å². The van der Waals surface area contributed by atoms with Crippen molar-refractivity contribution in [3.05, 3.63) is 59.2 Å². The number of aromatic hydroxyl groups is 1. The molecule has 0 aromatic heterocycles. The second-order valence-electron chi connectivity index (χ2n) is 5.38. The zero-order chi connectivity index (χ0) is 15.9. The van der Waals surface area contributed by atoms with E-state index in [0.29, 0.717) is 23.4 Å². The van der Waals surface area contributed by atoms with Crippen molar-refractivity contribution < 1.29 is 19.8 Å². The quantitative estimate of drug-likeness (QED) is 0.913. The fourth-order valence-electron chi connectivity index (χ4n) is 2.60. The number of carbonyl (C=O) groups is 2. The first-order valence-electron chi connectivity index (χ1n) is 6.94. The van der Waals surface area contributed by atoms with E-state index in [2.05, 4.69) is 0 Å². The summed E-state index contributed by atoms with van der Waals surface area (Å²) in [4.78, 5) is 25.0. The Morgan fingerprint density at radius 3 is 2.50 bits per heavy atom. The number of aliphatic carboxylic acids is 1. The lowest BCUT2D eigenvalue weighted by Gasteiger charge is -2.16. The highest BCUT2D eigenvalue weighted by atomic mass is 16.4. The molecule has 2 aromatic rings. The number of nitrogens with zero attached hydrogens (tertiary/aromatic N) is 1. The number of anilines is 1. The van der Waals surface area contributed by atoms with Crippen LogP contribution in [-0.4, -0.2) is 22.1 Å². The van der Waals surface area contributed by atoms with Crippen LogP contribution in [0.25, 0.3) is 0 Å². The predicted molar refractivity (Wildman–Crippen MR) is 81.1 cm³/mol. The summed E-state index contributed by atoms with van der Waals surface area (Å²) in [7, 11) is 0. The van der Waals surface area contributed by atoms with Crippen LogP contribution in [0.3, 0.4) is 0 Å². The number of rotatable bonds is 3. The summed E-state index contributed by atoms with van der Waals surface area (Å²) in [5.41, 5.74) is 2.77. The number of benzene rings is 2. The Bertz CT molecular complexity index is 752. The van der Waals surface area contributed by atoms with Crippen LogP contribution < -0.4 is 4.90 Å². The van der Waals surface area contributed by atoms with Crippen LogP contribution in [0.1, 0.15) is 34.3 Å². The maximum absolute atomic E-state index is 12.4. The van der Waals surface area contributed by atoms with Crippen molar-refractivity contribution >= 4 is 17.6 Å². The van der Waals surface area contributed by atoms with Crippen molar-refractivity contribution in [2.24, 2.45) is 0 Å². The first kappa shape index (κ1) is 14.1. The van der Waals surface area contributed by atoms with Crippen LogP contribution in [0, 0.1) is 0 Å². The topological polar surface area (TPSA) is 77.8 Å². The molecule has 2 N–H and O–H groups in total. The fourth-order valence-corrected chi connectivity index (χ4v) is 2.60. The molecule has 1 heterocycles. The first-order valence-corrected chi connectivity index (χ1v) is 6.94. The van der Waals surface area contributed by atoms with Gasteiger partial charge in [0.25, 0.3) is 5.91 Å². The monoisotopic (exact) mass is 297 g/mol. The molecule has 1 aliphatic rings. The van der Waals surface area contributed by atoms with Gasteiger partial charge in [0.1, 0.15) is 5.75 Å². The van der Waals surface area contributed by atoms with E-state index in [1.807, 2.05) is 0 Å². The Labute approximate surface area is 127 Å². The average Bonchev–Trinajstić information content (AvgIpc) is 2.83. The van der Waals surface area contributed by atoms with Crippen LogP contribution in [0.4, 0.5) is 5.69 Å².